The van der Waals surface area contributed by atoms with Crippen molar-refractivity contribution in [2.45, 2.75) is 65.3 Å². The van der Waals surface area contributed by atoms with Gasteiger partial charge in [-0.3, -0.25) is 0 Å². The van der Waals surface area contributed by atoms with Gasteiger partial charge in [0.15, 0.2) is 5.82 Å². The summed E-state index contributed by atoms with van der Waals surface area (Å²) in [5, 5.41) is 7.53. The van der Waals surface area contributed by atoms with Crippen molar-refractivity contribution in [2.24, 2.45) is 0 Å². The van der Waals surface area contributed by atoms with Crippen LogP contribution in [-0.4, -0.2) is 22.7 Å². The number of rotatable bonds is 6. The van der Waals surface area contributed by atoms with Crippen LogP contribution in [0, 0.1) is 0 Å². The molecule has 1 atom stereocenters. The minimum absolute atomic E-state index is 0.0414. The quantitative estimate of drug-likeness (QED) is 0.829. The van der Waals surface area contributed by atoms with Crippen LogP contribution in [0.4, 0.5) is 0 Å². The van der Waals surface area contributed by atoms with Gasteiger partial charge in [0, 0.05) is 17.9 Å². The van der Waals surface area contributed by atoms with Gasteiger partial charge in [-0.2, -0.15) is 4.98 Å². The second-order valence-electron chi connectivity index (χ2n) is 5.53. The minimum atomic E-state index is -0.0414. The molecule has 1 aromatic rings. The molecule has 0 spiro atoms. The maximum atomic E-state index is 5.30. The third kappa shape index (κ3) is 4.46. The van der Waals surface area contributed by atoms with E-state index in [1.54, 1.807) is 0 Å². The van der Waals surface area contributed by atoms with E-state index in [1.165, 1.54) is 0 Å². The Labute approximate surface area is 104 Å². The van der Waals surface area contributed by atoms with E-state index in [0.29, 0.717) is 6.04 Å². The molecule has 1 rings (SSSR count). The lowest BCUT2D eigenvalue weighted by molar-refractivity contribution is 0.344. The van der Waals surface area contributed by atoms with E-state index in [4.69, 9.17) is 4.52 Å². The van der Waals surface area contributed by atoms with Crippen LogP contribution < -0.4 is 5.32 Å². The Kier molecular flexibility index (Phi) is 5.12. The third-order valence-electron chi connectivity index (χ3n) is 2.74. The van der Waals surface area contributed by atoms with E-state index in [0.717, 1.165) is 37.5 Å². The molecule has 0 radical (unpaired) electrons. The largest absolute Gasteiger partial charge is 0.339 e. The van der Waals surface area contributed by atoms with Crippen LogP contribution in [0.2, 0.25) is 0 Å². The summed E-state index contributed by atoms with van der Waals surface area (Å²) in [6.07, 6.45) is 3.04. The Bertz CT molecular complexity index is 328. The molecule has 0 aromatic carbocycles. The van der Waals surface area contributed by atoms with Crippen molar-refractivity contribution in [2.75, 3.05) is 6.54 Å². The molecule has 0 aliphatic carbocycles. The van der Waals surface area contributed by atoms with Crippen LogP contribution in [0.25, 0.3) is 0 Å². The summed E-state index contributed by atoms with van der Waals surface area (Å²) in [7, 11) is 0. The van der Waals surface area contributed by atoms with E-state index in [-0.39, 0.29) is 5.41 Å². The summed E-state index contributed by atoms with van der Waals surface area (Å²) >= 11 is 0. The molecular weight excluding hydrogens is 214 g/mol. The van der Waals surface area contributed by atoms with E-state index in [1.807, 2.05) is 0 Å². The molecule has 0 aliphatic heterocycles. The van der Waals surface area contributed by atoms with Crippen molar-refractivity contribution < 1.29 is 4.52 Å². The maximum Gasteiger partial charge on any atom is 0.228 e. The number of nitrogens with zero attached hydrogens (tertiary/aromatic N) is 2. The third-order valence-corrected chi connectivity index (χ3v) is 2.74. The highest BCUT2D eigenvalue weighted by Crippen LogP contribution is 2.18. The van der Waals surface area contributed by atoms with Gasteiger partial charge in [-0.25, -0.2) is 0 Å². The first-order valence-electron chi connectivity index (χ1n) is 6.53. The van der Waals surface area contributed by atoms with Gasteiger partial charge in [-0.15, -0.1) is 0 Å². The zero-order chi connectivity index (χ0) is 12.9. The monoisotopic (exact) mass is 239 g/mol. The fourth-order valence-electron chi connectivity index (χ4n) is 1.56. The standard InChI is InChI=1S/C13H25N3O/c1-6-8-14-10(7-2)9-11-15-12(16-17-11)13(3,4)5/h10,14H,6-9H2,1-5H3. The van der Waals surface area contributed by atoms with Gasteiger partial charge in [-0.05, 0) is 19.4 Å². The Hall–Kier alpha value is -0.900. The van der Waals surface area contributed by atoms with Gasteiger partial charge in [0.2, 0.25) is 5.89 Å². The highest BCUT2D eigenvalue weighted by atomic mass is 16.5. The fraction of sp³-hybridized carbons (Fsp3) is 0.846. The molecule has 1 heterocycles. The average Bonchev–Trinajstić information content (AvgIpc) is 2.72. The van der Waals surface area contributed by atoms with Gasteiger partial charge < -0.3 is 9.84 Å². The number of aromatic nitrogens is 2. The second kappa shape index (κ2) is 6.15. The highest BCUT2D eigenvalue weighted by molar-refractivity contribution is 5.00. The molecule has 0 fully saturated rings. The van der Waals surface area contributed by atoms with Crippen molar-refractivity contribution in [1.29, 1.82) is 0 Å². The van der Waals surface area contributed by atoms with Gasteiger partial charge in [0.1, 0.15) is 0 Å². The summed E-state index contributed by atoms with van der Waals surface area (Å²) in [5.74, 6) is 1.53. The molecular formula is C13H25N3O. The first-order valence-corrected chi connectivity index (χ1v) is 6.53. The van der Waals surface area contributed by atoms with Crippen molar-refractivity contribution in [1.82, 2.24) is 15.5 Å². The lowest BCUT2D eigenvalue weighted by Gasteiger charge is -2.14. The zero-order valence-electron chi connectivity index (χ0n) is 11.7. The molecule has 1 N–H and O–H groups in total. The molecule has 0 aliphatic rings. The van der Waals surface area contributed by atoms with Gasteiger partial charge in [0.05, 0.1) is 0 Å². The van der Waals surface area contributed by atoms with Crippen LogP contribution in [0.5, 0.6) is 0 Å². The zero-order valence-corrected chi connectivity index (χ0v) is 11.7. The van der Waals surface area contributed by atoms with Gasteiger partial charge in [-0.1, -0.05) is 39.8 Å². The lowest BCUT2D eigenvalue weighted by Crippen LogP contribution is -2.31. The van der Waals surface area contributed by atoms with Crippen LogP contribution in [-0.2, 0) is 11.8 Å². The molecule has 4 nitrogen and oxygen atoms in total. The molecule has 17 heavy (non-hydrogen) atoms. The fourth-order valence-corrected chi connectivity index (χ4v) is 1.56. The summed E-state index contributed by atoms with van der Waals surface area (Å²) in [5.41, 5.74) is -0.0414. The molecule has 1 aromatic heterocycles. The molecule has 98 valence electrons. The van der Waals surface area contributed by atoms with E-state index in [2.05, 4.69) is 50.1 Å². The summed E-state index contributed by atoms with van der Waals surface area (Å²) in [6.45, 7) is 11.7. The van der Waals surface area contributed by atoms with Gasteiger partial charge >= 0.3 is 0 Å². The van der Waals surface area contributed by atoms with E-state index >= 15 is 0 Å². The second-order valence-corrected chi connectivity index (χ2v) is 5.53. The molecule has 0 saturated heterocycles. The van der Waals surface area contributed by atoms with Crippen LogP contribution in [0.3, 0.4) is 0 Å². The van der Waals surface area contributed by atoms with E-state index < -0.39 is 0 Å². The van der Waals surface area contributed by atoms with Crippen LogP contribution in [0.15, 0.2) is 4.52 Å². The maximum absolute atomic E-state index is 5.30. The van der Waals surface area contributed by atoms with Crippen molar-refractivity contribution in [3.05, 3.63) is 11.7 Å². The number of nitrogens with one attached hydrogen (secondary N) is 1. The summed E-state index contributed by atoms with van der Waals surface area (Å²) in [6, 6.07) is 0.434. The Morgan fingerprint density at radius 2 is 2.00 bits per heavy atom. The Morgan fingerprint density at radius 3 is 2.47 bits per heavy atom. The minimum Gasteiger partial charge on any atom is -0.339 e. The topological polar surface area (TPSA) is 51.0 Å². The Balaban J connectivity index is 2.58. The predicted octanol–water partition coefficient (Wildman–Crippen LogP) is 2.69. The van der Waals surface area contributed by atoms with Crippen LogP contribution in [0.1, 0.15) is 59.2 Å². The lowest BCUT2D eigenvalue weighted by atomic mass is 9.96. The van der Waals surface area contributed by atoms with Crippen LogP contribution >= 0.6 is 0 Å². The summed E-state index contributed by atoms with van der Waals surface area (Å²) < 4.78 is 5.30. The molecule has 4 heteroatoms. The first kappa shape index (κ1) is 14.2. The molecule has 1 unspecified atom stereocenters. The molecule has 0 amide bonds. The normalized spacial score (nSPS) is 13.9. The smallest absolute Gasteiger partial charge is 0.228 e. The number of hydrogen-bond acceptors (Lipinski definition) is 4. The van der Waals surface area contributed by atoms with E-state index in [9.17, 15) is 0 Å². The molecule has 0 saturated carbocycles. The number of hydrogen-bond donors (Lipinski definition) is 1. The average molecular weight is 239 g/mol. The predicted molar refractivity (Wildman–Crippen MR) is 69.1 cm³/mol. The summed E-state index contributed by atoms with van der Waals surface area (Å²) in [4.78, 5) is 4.46. The van der Waals surface area contributed by atoms with Crippen molar-refractivity contribution in [3.8, 4) is 0 Å². The first-order chi connectivity index (χ1) is 7.97. The molecule has 0 bridgehead atoms. The Morgan fingerprint density at radius 1 is 1.29 bits per heavy atom. The van der Waals surface area contributed by atoms with Gasteiger partial charge in [0.25, 0.3) is 0 Å². The highest BCUT2D eigenvalue weighted by Gasteiger charge is 2.21. The van der Waals surface area contributed by atoms with Crippen molar-refractivity contribution >= 4 is 0 Å². The SMILES string of the molecule is CCCNC(CC)Cc1nc(C(C)(C)C)no1. The van der Waals surface area contributed by atoms with Crippen molar-refractivity contribution in [3.63, 3.8) is 0 Å².